The van der Waals surface area contributed by atoms with Crippen molar-refractivity contribution in [2.75, 3.05) is 5.75 Å². The fraction of sp³-hybridized carbons (Fsp3) is 0.500. The molecule has 0 aliphatic carbocycles. The molecule has 1 unspecified atom stereocenters. The van der Waals surface area contributed by atoms with Crippen molar-refractivity contribution < 1.29 is 10.0 Å². The van der Waals surface area contributed by atoms with Crippen LogP contribution in [0.2, 0.25) is 0 Å². The van der Waals surface area contributed by atoms with Crippen LogP contribution in [0.15, 0.2) is 24.3 Å². The maximum absolute atomic E-state index is 8.95. The lowest BCUT2D eigenvalue weighted by Gasteiger charge is -2.08. The molecule has 0 saturated carbocycles. The van der Waals surface area contributed by atoms with Crippen molar-refractivity contribution in [2.24, 2.45) is 5.92 Å². The molecule has 0 aliphatic heterocycles. The molecule has 0 saturated heterocycles. The Hall–Kier alpha value is -0.445. The van der Waals surface area contributed by atoms with Crippen LogP contribution in [0.3, 0.4) is 0 Å². The number of hydrogen-bond donors (Lipinski definition) is 2. The van der Waals surface area contributed by atoms with Gasteiger partial charge < -0.3 is 10.0 Å². The summed E-state index contributed by atoms with van der Waals surface area (Å²) in [6.45, 7) is 4.47. The van der Waals surface area contributed by atoms with Gasteiger partial charge in [0.25, 0.3) is 0 Å². The first-order chi connectivity index (χ1) is 7.63. The highest BCUT2D eigenvalue weighted by molar-refractivity contribution is 7.98. The third-order valence-corrected chi connectivity index (χ3v) is 3.99. The van der Waals surface area contributed by atoms with Gasteiger partial charge in [-0.25, -0.2) is 0 Å². The first kappa shape index (κ1) is 13.6. The average Bonchev–Trinajstić information content (AvgIpc) is 2.29. The van der Waals surface area contributed by atoms with Gasteiger partial charge in [-0.3, -0.25) is 0 Å². The number of thioether (sulfide) groups is 1. The second kappa shape index (κ2) is 6.99. The molecular weight excluding hydrogens is 219 g/mol. The van der Waals surface area contributed by atoms with Crippen molar-refractivity contribution in [1.82, 2.24) is 0 Å². The van der Waals surface area contributed by atoms with Crippen LogP contribution in [0.4, 0.5) is 0 Å². The molecule has 0 fully saturated rings. The van der Waals surface area contributed by atoms with Gasteiger partial charge in [0.1, 0.15) is 0 Å². The van der Waals surface area contributed by atoms with E-state index in [-0.39, 0.29) is 0 Å². The standard InChI is InChI=1S/C12H19BO2S/c1-3-10(2)8-16-9-11-4-6-12(7-5-11)13(14)15/h4-7,10,14-15H,3,8-9H2,1-2H3. The largest absolute Gasteiger partial charge is 0.488 e. The lowest BCUT2D eigenvalue weighted by atomic mass is 9.80. The summed E-state index contributed by atoms with van der Waals surface area (Å²) in [7, 11) is -1.36. The molecule has 2 N–H and O–H groups in total. The molecule has 1 aromatic carbocycles. The van der Waals surface area contributed by atoms with Crippen LogP contribution in [-0.4, -0.2) is 22.9 Å². The normalized spacial score (nSPS) is 12.5. The van der Waals surface area contributed by atoms with Crippen LogP contribution < -0.4 is 5.46 Å². The molecule has 0 aromatic heterocycles. The van der Waals surface area contributed by atoms with Crippen LogP contribution in [0.5, 0.6) is 0 Å². The van der Waals surface area contributed by atoms with Gasteiger partial charge >= 0.3 is 7.12 Å². The number of hydrogen-bond acceptors (Lipinski definition) is 3. The summed E-state index contributed by atoms with van der Waals surface area (Å²) in [5.74, 6) is 2.94. The SMILES string of the molecule is CCC(C)CSCc1ccc(B(O)O)cc1. The fourth-order valence-corrected chi connectivity index (χ4v) is 2.47. The summed E-state index contributed by atoms with van der Waals surface area (Å²) in [5, 5.41) is 17.9. The molecule has 0 aliphatic rings. The molecule has 1 rings (SSSR count). The first-order valence-corrected chi connectivity index (χ1v) is 6.81. The van der Waals surface area contributed by atoms with E-state index in [0.29, 0.717) is 5.46 Å². The maximum Gasteiger partial charge on any atom is 0.488 e. The molecule has 1 atom stereocenters. The second-order valence-electron chi connectivity index (χ2n) is 4.14. The van der Waals surface area contributed by atoms with E-state index in [9.17, 15) is 0 Å². The minimum atomic E-state index is -1.36. The number of benzene rings is 1. The highest BCUT2D eigenvalue weighted by Gasteiger charge is 2.09. The predicted octanol–water partition coefficient (Wildman–Crippen LogP) is 1.65. The fourth-order valence-electron chi connectivity index (χ4n) is 1.28. The van der Waals surface area contributed by atoms with Crippen molar-refractivity contribution in [2.45, 2.75) is 26.0 Å². The summed E-state index contributed by atoms with van der Waals surface area (Å²) in [5.41, 5.74) is 1.79. The predicted molar refractivity (Wildman–Crippen MR) is 71.9 cm³/mol. The van der Waals surface area contributed by atoms with E-state index in [2.05, 4.69) is 13.8 Å². The topological polar surface area (TPSA) is 40.5 Å². The van der Waals surface area contributed by atoms with Crippen molar-refractivity contribution in [3.8, 4) is 0 Å². The molecule has 2 nitrogen and oxygen atoms in total. The van der Waals surface area contributed by atoms with Gasteiger partial charge in [0.15, 0.2) is 0 Å². The molecule has 0 heterocycles. The van der Waals surface area contributed by atoms with Crippen LogP contribution in [0.25, 0.3) is 0 Å². The van der Waals surface area contributed by atoms with Gasteiger partial charge in [-0.15, -0.1) is 0 Å². The van der Waals surface area contributed by atoms with Gasteiger partial charge in [0, 0.05) is 5.75 Å². The van der Waals surface area contributed by atoms with Gasteiger partial charge in [-0.2, -0.15) is 11.8 Å². The van der Waals surface area contributed by atoms with Crippen LogP contribution in [0.1, 0.15) is 25.8 Å². The van der Waals surface area contributed by atoms with E-state index >= 15 is 0 Å². The van der Waals surface area contributed by atoms with E-state index in [1.807, 2.05) is 23.9 Å². The molecule has 0 spiro atoms. The smallest absolute Gasteiger partial charge is 0.423 e. The van der Waals surface area contributed by atoms with E-state index < -0.39 is 7.12 Å². The molecule has 4 heteroatoms. The van der Waals surface area contributed by atoms with Crippen LogP contribution in [-0.2, 0) is 5.75 Å². The quantitative estimate of drug-likeness (QED) is 0.740. The Morgan fingerprint density at radius 2 is 1.88 bits per heavy atom. The van der Waals surface area contributed by atoms with E-state index in [1.165, 1.54) is 17.7 Å². The van der Waals surface area contributed by atoms with Gasteiger partial charge in [0.05, 0.1) is 0 Å². The monoisotopic (exact) mass is 238 g/mol. The van der Waals surface area contributed by atoms with E-state index in [4.69, 9.17) is 10.0 Å². The van der Waals surface area contributed by atoms with Crippen molar-refractivity contribution >= 4 is 24.3 Å². The zero-order valence-electron chi connectivity index (χ0n) is 9.89. The molecule has 0 radical (unpaired) electrons. The number of rotatable bonds is 6. The highest BCUT2D eigenvalue weighted by atomic mass is 32.2. The first-order valence-electron chi connectivity index (χ1n) is 5.66. The van der Waals surface area contributed by atoms with Gasteiger partial charge in [-0.05, 0) is 22.7 Å². The lowest BCUT2D eigenvalue weighted by Crippen LogP contribution is -2.29. The zero-order valence-corrected chi connectivity index (χ0v) is 10.7. The van der Waals surface area contributed by atoms with Crippen LogP contribution in [0, 0.1) is 5.92 Å². The van der Waals surface area contributed by atoms with Crippen molar-refractivity contribution in [1.29, 1.82) is 0 Å². The Kier molecular flexibility index (Phi) is 5.95. The van der Waals surface area contributed by atoms with E-state index in [0.717, 1.165) is 11.7 Å². The van der Waals surface area contributed by atoms with Crippen molar-refractivity contribution in [3.63, 3.8) is 0 Å². The molecule has 16 heavy (non-hydrogen) atoms. The Balaban J connectivity index is 2.38. The Labute approximate surface area is 102 Å². The third-order valence-electron chi connectivity index (χ3n) is 2.65. The van der Waals surface area contributed by atoms with Crippen LogP contribution >= 0.6 is 11.8 Å². The minimum Gasteiger partial charge on any atom is -0.423 e. The molecule has 88 valence electrons. The second-order valence-corrected chi connectivity index (χ2v) is 5.17. The van der Waals surface area contributed by atoms with Gasteiger partial charge in [0.2, 0.25) is 0 Å². The highest BCUT2D eigenvalue weighted by Crippen LogP contribution is 2.16. The molecule has 0 amide bonds. The third kappa shape index (κ3) is 4.60. The molecule has 0 bridgehead atoms. The summed E-state index contributed by atoms with van der Waals surface area (Å²) in [4.78, 5) is 0. The van der Waals surface area contributed by atoms with E-state index in [1.54, 1.807) is 12.1 Å². The van der Waals surface area contributed by atoms with Crippen molar-refractivity contribution in [3.05, 3.63) is 29.8 Å². The summed E-state index contributed by atoms with van der Waals surface area (Å²) >= 11 is 1.93. The average molecular weight is 238 g/mol. The Morgan fingerprint density at radius 3 is 2.38 bits per heavy atom. The summed E-state index contributed by atoms with van der Waals surface area (Å²) in [6.07, 6.45) is 1.22. The molecule has 1 aromatic rings. The van der Waals surface area contributed by atoms with Gasteiger partial charge in [-0.1, -0.05) is 44.5 Å². The Morgan fingerprint density at radius 1 is 1.25 bits per heavy atom. The summed E-state index contributed by atoms with van der Waals surface area (Å²) in [6, 6.07) is 7.45. The molecular formula is C12H19BO2S. The maximum atomic E-state index is 8.95. The lowest BCUT2D eigenvalue weighted by molar-refractivity contribution is 0.426. The Bertz CT molecular complexity index is 300. The summed E-state index contributed by atoms with van der Waals surface area (Å²) < 4.78 is 0. The minimum absolute atomic E-state index is 0.552. The zero-order chi connectivity index (χ0) is 12.0.